The average molecular weight is 307 g/mol. The van der Waals surface area contributed by atoms with Crippen molar-refractivity contribution in [1.82, 2.24) is 24.6 Å². The average Bonchev–Trinajstić information content (AvgIpc) is 2.97. The van der Waals surface area contributed by atoms with Crippen LogP contribution in [0.25, 0.3) is 5.65 Å². The highest BCUT2D eigenvalue weighted by molar-refractivity contribution is 9.10. The van der Waals surface area contributed by atoms with Gasteiger partial charge in [-0.1, -0.05) is 0 Å². The molecule has 92 valence electrons. The molecule has 0 radical (unpaired) electrons. The summed E-state index contributed by atoms with van der Waals surface area (Å²) in [6, 6.07) is 3.86. The van der Waals surface area contributed by atoms with Crippen LogP contribution in [0.1, 0.15) is 5.69 Å². The van der Waals surface area contributed by atoms with Crippen molar-refractivity contribution in [2.75, 3.05) is 11.9 Å². The maximum atomic E-state index is 4.37. The smallest absolute Gasteiger partial charge is 0.243 e. The molecule has 0 aromatic carbocycles. The van der Waals surface area contributed by atoms with Gasteiger partial charge in [0.1, 0.15) is 0 Å². The molecule has 0 unspecified atom stereocenters. The van der Waals surface area contributed by atoms with Gasteiger partial charge in [0.2, 0.25) is 5.95 Å². The van der Waals surface area contributed by atoms with Crippen LogP contribution in [0.15, 0.2) is 35.3 Å². The van der Waals surface area contributed by atoms with Crippen LogP contribution in [0.5, 0.6) is 0 Å². The number of nitrogens with one attached hydrogen (secondary N) is 2. The van der Waals surface area contributed by atoms with Crippen molar-refractivity contribution in [3.8, 4) is 0 Å². The van der Waals surface area contributed by atoms with Crippen molar-refractivity contribution in [3.05, 3.63) is 41.0 Å². The van der Waals surface area contributed by atoms with Crippen molar-refractivity contribution < 1.29 is 0 Å². The molecule has 3 aromatic rings. The molecule has 0 aliphatic carbocycles. The van der Waals surface area contributed by atoms with E-state index in [1.54, 1.807) is 10.8 Å². The monoisotopic (exact) mass is 306 g/mol. The molecule has 3 rings (SSSR count). The number of rotatable bonds is 4. The number of nitrogens with zero attached hydrogens (tertiary/aromatic N) is 4. The van der Waals surface area contributed by atoms with Gasteiger partial charge in [-0.15, -0.1) is 5.10 Å². The third kappa shape index (κ3) is 2.35. The first-order valence-electron chi connectivity index (χ1n) is 5.54. The number of anilines is 1. The van der Waals surface area contributed by atoms with E-state index in [4.69, 9.17) is 0 Å². The molecule has 6 nitrogen and oxygen atoms in total. The highest BCUT2D eigenvalue weighted by atomic mass is 79.9. The van der Waals surface area contributed by atoms with E-state index in [0.29, 0.717) is 5.95 Å². The minimum atomic E-state index is 0.632. The maximum Gasteiger partial charge on any atom is 0.243 e. The number of imidazole rings is 1. The van der Waals surface area contributed by atoms with Crippen molar-refractivity contribution in [2.24, 2.45) is 0 Å². The number of halogens is 1. The van der Waals surface area contributed by atoms with E-state index in [-0.39, 0.29) is 0 Å². The molecule has 3 heterocycles. The minimum absolute atomic E-state index is 0.632. The first kappa shape index (κ1) is 11.2. The van der Waals surface area contributed by atoms with Crippen molar-refractivity contribution >= 4 is 27.5 Å². The lowest BCUT2D eigenvalue weighted by atomic mass is 10.3. The number of H-pyrrole nitrogens is 1. The maximum absolute atomic E-state index is 4.37. The van der Waals surface area contributed by atoms with Gasteiger partial charge in [0, 0.05) is 35.5 Å². The molecule has 0 saturated carbocycles. The molecule has 7 heteroatoms. The van der Waals surface area contributed by atoms with E-state index in [2.05, 4.69) is 41.3 Å². The molecule has 0 saturated heterocycles. The van der Waals surface area contributed by atoms with Crippen LogP contribution in [-0.2, 0) is 6.42 Å². The minimum Gasteiger partial charge on any atom is -0.353 e. The van der Waals surface area contributed by atoms with E-state index in [1.807, 2.05) is 24.5 Å². The van der Waals surface area contributed by atoms with Gasteiger partial charge in [0.25, 0.3) is 0 Å². The van der Waals surface area contributed by atoms with Gasteiger partial charge in [0.05, 0.1) is 6.33 Å². The van der Waals surface area contributed by atoms with Crippen molar-refractivity contribution in [2.45, 2.75) is 6.42 Å². The quantitative estimate of drug-likeness (QED) is 0.772. The van der Waals surface area contributed by atoms with Crippen LogP contribution in [-0.4, -0.2) is 31.1 Å². The molecule has 3 aromatic heterocycles. The SMILES string of the molecule is Brc1ccc2nc(NCCc3cnc[nH]3)nn2c1. The first-order chi connectivity index (χ1) is 8.81. The molecular formula is C11H11BrN6. The molecular weight excluding hydrogens is 296 g/mol. The standard InChI is InChI=1S/C11H11BrN6/c12-8-1-2-10-16-11(17-18(10)6-8)14-4-3-9-5-13-7-15-9/h1-2,5-7H,3-4H2,(H,13,15)(H,14,17). The molecule has 0 aliphatic heterocycles. The zero-order valence-electron chi connectivity index (χ0n) is 9.47. The Morgan fingerprint density at radius 3 is 3.17 bits per heavy atom. The van der Waals surface area contributed by atoms with E-state index in [1.165, 1.54) is 0 Å². The van der Waals surface area contributed by atoms with Gasteiger partial charge in [0.15, 0.2) is 5.65 Å². The Morgan fingerprint density at radius 2 is 2.33 bits per heavy atom. The summed E-state index contributed by atoms with van der Waals surface area (Å²) in [4.78, 5) is 11.4. The van der Waals surface area contributed by atoms with E-state index >= 15 is 0 Å². The topological polar surface area (TPSA) is 70.9 Å². The third-order valence-electron chi connectivity index (χ3n) is 2.53. The van der Waals surface area contributed by atoms with Crippen molar-refractivity contribution in [1.29, 1.82) is 0 Å². The Morgan fingerprint density at radius 1 is 1.39 bits per heavy atom. The molecule has 0 fully saturated rings. The van der Waals surface area contributed by atoms with E-state index < -0.39 is 0 Å². The second-order valence-corrected chi connectivity index (χ2v) is 4.75. The molecule has 0 amide bonds. The fraction of sp³-hybridized carbons (Fsp3) is 0.182. The summed E-state index contributed by atoms with van der Waals surface area (Å²) in [5.74, 6) is 0.632. The number of hydrogen-bond acceptors (Lipinski definition) is 4. The van der Waals surface area contributed by atoms with Gasteiger partial charge in [-0.2, -0.15) is 4.98 Å². The number of aromatic nitrogens is 5. The highest BCUT2D eigenvalue weighted by Gasteiger charge is 2.03. The van der Waals surface area contributed by atoms with Crippen LogP contribution in [0.3, 0.4) is 0 Å². The van der Waals surface area contributed by atoms with E-state index in [9.17, 15) is 0 Å². The number of pyridine rings is 1. The second kappa shape index (κ2) is 4.77. The Hall–Kier alpha value is -1.89. The van der Waals surface area contributed by atoms with Gasteiger partial charge in [-0.25, -0.2) is 9.50 Å². The Kier molecular flexibility index (Phi) is 2.97. The predicted octanol–water partition coefficient (Wildman–Crippen LogP) is 1.87. The van der Waals surface area contributed by atoms with E-state index in [0.717, 1.165) is 28.8 Å². The van der Waals surface area contributed by atoms with Crippen LogP contribution in [0, 0.1) is 0 Å². The first-order valence-corrected chi connectivity index (χ1v) is 6.33. The molecule has 0 spiro atoms. The summed E-state index contributed by atoms with van der Waals surface area (Å²) >= 11 is 3.40. The third-order valence-corrected chi connectivity index (χ3v) is 3.00. The van der Waals surface area contributed by atoms with Crippen LogP contribution in [0.4, 0.5) is 5.95 Å². The number of aromatic amines is 1. The van der Waals surface area contributed by atoms with Crippen LogP contribution < -0.4 is 5.32 Å². The zero-order valence-corrected chi connectivity index (χ0v) is 11.1. The summed E-state index contributed by atoms with van der Waals surface area (Å²) in [6.07, 6.45) is 6.23. The van der Waals surface area contributed by atoms with Gasteiger partial charge < -0.3 is 10.3 Å². The van der Waals surface area contributed by atoms with Crippen molar-refractivity contribution in [3.63, 3.8) is 0 Å². The van der Waals surface area contributed by atoms with Crippen LogP contribution >= 0.6 is 15.9 Å². The lowest BCUT2D eigenvalue weighted by Crippen LogP contribution is -2.06. The second-order valence-electron chi connectivity index (χ2n) is 3.84. The van der Waals surface area contributed by atoms with Gasteiger partial charge >= 0.3 is 0 Å². The van der Waals surface area contributed by atoms with Gasteiger partial charge in [-0.05, 0) is 28.1 Å². The molecule has 0 bridgehead atoms. The zero-order chi connectivity index (χ0) is 12.4. The summed E-state index contributed by atoms with van der Waals surface area (Å²) in [6.45, 7) is 0.764. The lowest BCUT2D eigenvalue weighted by molar-refractivity contribution is 0.924. The summed E-state index contributed by atoms with van der Waals surface area (Å²) in [7, 11) is 0. The number of fused-ring (bicyclic) bond motifs is 1. The fourth-order valence-electron chi connectivity index (χ4n) is 1.66. The Balaban J connectivity index is 1.67. The number of hydrogen-bond donors (Lipinski definition) is 2. The Labute approximate surface area is 112 Å². The summed E-state index contributed by atoms with van der Waals surface area (Å²) in [5.41, 5.74) is 1.91. The Bertz CT molecular complexity index is 645. The highest BCUT2D eigenvalue weighted by Crippen LogP contribution is 2.12. The molecule has 2 N–H and O–H groups in total. The molecule has 18 heavy (non-hydrogen) atoms. The van der Waals surface area contributed by atoms with Gasteiger partial charge in [-0.3, -0.25) is 0 Å². The summed E-state index contributed by atoms with van der Waals surface area (Å²) in [5, 5.41) is 7.52. The lowest BCUT2D eigenvalue weighted by Gasteiger charge is -1.98. The van der Waals surface area contributed by atoms with Crippen LogP contribution in [0.2, 0.25) is 0 Å². The molecule has 0 atom stereocenters. The molecule has 0 aliphatic rings. The fourth-order valence-corrected chi connectivity index (χ4v) is 1.99. The summed E-state index contributed by atoms with van der Waals surface area (Å²) < 4.78 is 2.71. The normalized spacial score (nSPS) is 10.9. The predicted molar refractivity (Wildman–Crippen MR) is 71.5 cm³/mol. The largest absolute Gasteiger partial charge is 0.353 e.